The molecule has 1 saturated carbocycles. The fourth-order valence-electron chi connectivity index (χ4n) is 2.50. The van der Waals surface area contributed by atoms with Gasteiger partial charge in [0.25, 0.3) is 0 Å². The Bertz CT molecular complexity index is 232. The predicted molar refractivity (Wildman–Crippen MR) is 89.6 cm³/mol. The van der Waals surface area contributed by atoms with E-state index in [1.165, 1.54) is 51.4 Å². The molecule has 0 atom stereocenters. The molecule has 0 heteroatoms. The lowest BCUT2D eigenvalue weighted by molar-refractivity contribution is 0.368. The SMILES string of the molecule is CC(C)(C)C.CCCCCC1CCC(=C(C)C)CC1. The van der Waals surface area contributed by atoms with Crippen molar-refractivity contribution < 1.29 is 0 Å². The van der Waals surface area contributed by atoms with E-state index in [-0.39, 0.29) is 0 Å². The zero-order valence-corrected chi connectivity index (χ0v) is 14.7. The Labute approximate surface area is 123 Å². The van der Waals surface area contributed by atoms with Crippen LogP contribution >= 0.6 is 0 Å². The summed E-state index contributed by atoms with van der Waals surface area (Å²) < 4.78 is 0. The second-order valence-electron chi connectivity index (χ2n) is 8.04. The summed E-state index contributed by atoms with van der Waals surface area (Å²) in [6, 6.07) is 0. The first-order valence-electron chi connectivity index (χ1n) is 8.39. The van der Waals surface area contributed by atoms with Gasteiger partial charge in [-0.2, -0.15) is 0 Å². The van der Waals surface area contributed by atoms with Crippen LogP contribution in [0.3, 0.4) is 0 Å². The molecule has 0 aromatic carbocycles. The van der Waals surface area contributed by atoms with Crippen LogP contribution in [0.2, 0.25) is 0 Å². The summed E-state index contributed by atoms with van der Waals surface area (Å²) in [4.78, 5) is 0. The van der Waals surface area contributed by atoms with Gasteiger partial charge in [-0.25, -0.2) is 0 Å². The van der Waals surface area contributed by atoms with Crippen LogP contribution in [0, 0.1) is 11.3 Å². The smallest absolute Gasteiger partial charge is 0.0315 e. The van der Waals surface area contributed by atoms with Crippen LogP contribution < -0.4 is 0 Å². The average Bonchev–Trinajstić information content (AvgIpc) is 2.28. The minimum Gasteiger partial charge on any atom is -0.0772 e. The highest BCUT2D eigenvalue weighted by Crippen LogP contribution is 2.32. The van der Waals surface area contributed by atoms with Gasteiger partial charge < -0.3 is 0 Å². The summed E-state index contributed by atoms with van der Waals surface area (Å²) in [6.07, 6.45) is 11.5. The second kappa shape index (κ2) is 9.61. The molecule has 0 N–H and O–H groups in total. The fraction of sp³-hybridized carbons (Fsp3) is 0.895. The third-order valence-electron chi connectivity index (χ3n) is 3.63. The van der Waals surface area contributed by atoms with Crippen LogP contribution in [0.25, 0.3) is 0 Å². The molecule has 1 fully saturated rings. The Morgan fingerprint density at radius 2 is 1.47 bits per heavy atom. The summed E-state index contributed by atoms with van der Waals surface area (Å²) in [7, 11) is 0. The standard InChI is InChI=1S/C14H26.C5H12/c1-4-5-6-7-13-8-10-14(11-9-13)12(2)3;1-5(2,3)4/h13H,4-11H2,1-3H3;1-4H3. The van der Waals surface area contributed by atoms with Crippen LogP contribution in [-0.2, 0) is 0 Å². The highest BCUT2D eigenvalue weighted by molar-refractivity contribution is 5.11. The van der Waals surface area contributed by atoms with E-state index in [0.717, 1.165) is 5.92 Å². The Balaban J connectivity index is 0.000000555. The van der Waals surface area contributed by atoms with Gasteiger partial charge >= 0.3 is 0 Å². The van der Waals surface area contributed by atoms with E-state index in [9.17, 15) is 0 Å². The Kier molecular flexibility index (Phi) is 9.48. The van der Waals surface area contributed by atoms with Crippen LogP contribution in [0.1, 0.15) is 99.8 Å². The van der Waals surface area contributed by atoms with E-state index >= 15 is 0 Å². The third-order valence-corrected chi connectivity index (χ3v) is 3.63. The van der Waals surface area contributed by atoms with E-state index < -0.39 is 0 Å². The molecule has 0 nitrogen and oxygen atoms in total. The first-order chi connectivity index (χ1) is 8.74. The van der Waals surface area contributed by atoms with Gasteiger partial charge in [0, 0.05) is 0 Å². The van der Waals surface area contributed by atoms with Crippen molar-refractivity contribution in [3.63, 3.8) is 0 Å². The predicted octanol–water partition coefficient (Wildman–Crippen LogP) is 7.15. The minimum atomic E-state index is 0.500. The fourth-order valence-corrected chi connectivity index (χ4v) is 2.50. The summed E-state index contributed by atoms with van der Waals surface area (Å²) in [5.74, 6) is 1.05. The maximum Gasteiger partial charge on any atom is -0.0315 e. The van der Waals surface area contributed by atoms with E-state index in [0.29, 0.717) is 5.41 Å². The van der Waals surface area contributed by atoms with Crippen LogP contribution in [0.5, 0.6) is 0 Å². The van der Waals surface area contributed by atoms with Crippen molar-refractivity contribution >= 4 is 0 Å². The minimum absolute atomic E-state index is 0.500. The monoisotopic (exact) mass is 266 g/mol. The molecule has 0 radical (unpaired) electrons. The van der Waals surface area contributed by atoms with Crippen LogP contribution in [0.4, 0.5) is 0 Å². The van der Waals surface area contributed by atoms with Crippen molar-refractivity contribution in [3.8, 4) is 0 Å². The zero-order valence-electron chi connectivity index (χ0n) is 14.7. The zero-order chi connectivity index (χ0) is 14.9. The lowest BCUT2D eigenvalue weighted by Crippen LogP contribution is -2.08. The van der Waals surface area contributed by atoms with Crippen LogP contribution in [-0.4, -0.2) is 0 Å². The molecule has 1 rings (SSSR count). The van der Waals surface area contributed by atoms with Gasteiger partial charge in [0.15, 0.2) is 0 Å². The van der Waals surface area contributed by atoms with Crippen molar-refractivity contribution in [1.29, 1.82) is 0 Å². The lowest BCUT2D eigenvalue weighted by atomic mass is 9.81. The number of rotatable bonds is 4. The molecular weight excluding hydrogens is 228 g/mol. The quantitative estimate of drug-likeness (QED) is 0.374. The van der Waals surface area contributed by atoms with Crippen molar-refractivity contribution in [2.24, 2.45) is 11.3 Å². The molecule has 0 aromatic heterocycles. The summed E-state index contributed by atoms with van der Waals surface area (Å²) >= 11 is 0. The topological polar surface area (TPSA) is 0 Å². The van der Waals surface area contributed by atoms with Crippen LogP contribution in [0.15, 0.2) is 11.1 Å². The molecule has 19 heavy (non-hydrogen) atoms. The first kappa shape index (κ1) is 18.7. The summed E-state index contributed by atoms with van der Waals surface area (Å²) in [5.41, 5.74) is 3.83. The van der Waals surface area contributed by atoms with E-state index in [1.807, 2.05) is 0 Å². The summed E-state index contributed by atoms with van der Waals surface area (Å²) in [6.45, 7) is 15.6. The number of hydrogen-bond donors (Lipinski definition) is 0. The summed E-state index contributed by atoms with van der Waals surface area (Å²) in [5, 5.41) is 0. The van der Waals surface area contributed by atoms with Crippen molar-refractivity contribution in [2.45, 2.75) is 99.8 Å². The normalized spacial score (nSPS) is 19.7. The Morgan fingerprint density at radius 3 is 1.84 bits per heavy atom. The largest absolute Gasteiger partial charge is 0.0772 e. The van der Waals surface area contributed by atoms with Crippen molar-refractivity contribution in [1.82, 2.24) is 0 Å². The van der Waals surface area contributed by atoms with Crippen molar-refractivity contribution in [2.75, 3.05) is 0 Å². The van der Waals surface area contributed by atoms with Gasteiger partial charge in [0.05, 0.1) is 0 Å². The third kappa shape index (κ3) is 12.5. The highest BCUT2D eigenvalue weighted by Gasteiger charge is 2.16. The Morgan fingerprint density at radius 1 is 1.00 bits per heavy atom. The molecule has 1 aliphatic carbocycles. The lowest BCUT2D eigenvalue weighted by Gasteiger charge is -2.24. The van der Waals surface area contributed by atoms with E-state index in [1.54, 1.807) is 11.1 Å². The van der Waals surface area contributed by atoms with Gasteiger partial charge in [-0.1, -0.05) is 71.4 Å². The molecule has 0 spiro atoms. The maximum atomic E-state index is 2.29. The van der Waals surface area contributed by atoms with E-state index in [2.05, 4.69) is 48.5 Å². The molecule has 0 bridgehead atoms. The van der Waals surface area contributed by atoms with Crippen molar-refractivity contribution in [3.05, 3.63) is 11.1 Å². The molecule has 0 aromatic rings. The van der Waals surface area contributed by atoms with Gasteiger partial charge in [0.1, 0.15) is 0 Å². The number of unbranched alkanes of at least 4 members (excludes halogenated alkanes) is 2. The molecular formula is C19H38. The molecule has 0 unspecified atom stereocenters. The van der Waals surface area contributed by atoms with Gasteiger partial charge in [-0.05, 0) is 50.9 Å². The average molecular weight is 267 g/mol. The molecule has 114 valence electrons. The van der Waals surface area contributed by atoms with E-state index in [4.69, 9.17) is 0 Å². The number of allylic oxidation sites excluding steroid dienone is 2. The molecule has 0 aliphatic heterocycles. The second-order valence-corrected chi connectivity index (χ2v) is 8.04. The first-order valence-corrected chi connectivity index (χ1v) is 8.39. The van der Waals surface area contributed by atoms with Gasteiger partial charge in [-0.15, -0.1) is 0 Å². The molecule has 1 aliphatic rings. The number of hydrogen-bond acceptors (Lipinski definition) is 0. The molecule has 0 saturated heterocycles. The molecule has 0 heterocycles. The molecule has 0 amide bonds. The Hall–Kier alpha value is -0.260. The van der Waals surface area contributed by atoms with Gasteiger partial charge in [-0.3, -0.25) is 0 Å². The maximum absolute atomic E-state index is 2.29. The highest BCUT2D eigenvalue weighted by atomic mass is 14.2. The van der Waals surface area contributed by atoms with Gasteiger partial charge in [0.2, 0.25) is 0 Å².